The van der Waals surface area contributed by atoms with Gasteiger partial charge in [-0.2, -0.15) is 0 Å². The zero-order valence-electron chi connectivity index (χ0n) is 9.34. The highest BCUT2D eigenvalue weighted by atomic mass is 16.5. The van der Waals surface area contributed by atoms with Crippen LogP contribution in [0.1, 0.15) is 6.92 Å². The topological polar surface area (TPSA) is 33.3 Å². The average molecular weight is 206 g/mol. The minimum Gasteiger partial charge on any atom is -0.497 e. The van der Waals surface area contributed by atoms with Crippen molar-refractivity contribution in [1.82, 2.24) is 5.32 Å². The molecule has 3 nitrogen and oxygen atoms in total. The van der Waals surface area contributed by atoms with Gasteiger partial charge in [0.1, 0.15) is 5.75 Å². The molecule has 0 aliphatic rings. The number of likely N-dealkylation sites (N-methyl/N-ethyl adjacent to an activating group) is 1. The van der Waals surface area contributed by atoms with Crippen molar-refractivity contribution >= 4 is 5.69 Å². The highest BCUT2D eigenvalue weighted by molar-refractivity contribution is 5.51. The first-order valence-corrected chi connectivity index (χ1v) is 5.06. The van der Waals surface area contributed by atoms with Gasteiger partial charge in [-0.1, -0.05) is 19.6 Å². The van der Waals surface area contributed by atoms with Crippen LogP contribution in [0.4, 0.5) is 5.69 Å². The van der Waals surface area contributed by atoms with Crippen LogP contribution in [0.3, 0.4) is 0 Å². The summed E-state index contributed by atoms with van der Waals surface area (Å²) < 4.78 is 5.13. The van der Waals surface area contributed by atoms with Gasteiger partial charge >= 0.3 is 0 Å². The first-order chi connectivity index (χ1) is 7.26. The number of anilines is 1. The summed E-state index contributed by atoms with van der Waals surface area (Å²) in [4.78, 5) is 0. The normalized spacial score (nSPS) is 9.73. The fourth-order valence-corrected chi connectivity index (χ4v) is 1.23. The van der Waals surface area contributed by atoms with Crippen molar-refractivity contribution < 1.29 is 4.74 Å². The van der Waals surface area contributed by atoms with Crippen LogP contribution in [-0.2, 0) is 0 Å². The van der Waals surface area contributed by atoms with E-state index in [1.807, 2.05) is 24.3 Å². The molecule has 0 saturated carbocycles. The van der Waals surface area contributed by atoms with Crippen LogP contribution in [0.25, 0.3) is 0 Å². The smallest absolute Gasteiger partial charge is 0.120 e. The van der Waals surface area contributed by atoms with E-state index in [1.54, 1.807) is 7.11 Å². The van der Waals surface area contributed by atoms with Gasteiger partial charge in [-0.25, -0.2) is 0 Å². The maximum Gasteiger partial charge on any atom is 0.120 e. The molecular weight excluding hydrogens is 188 g/mol. The van der Waals surface area contributed by atoms with Crippen LogP contribution in [0.15, 0.2) is 36.5 Å². The zero-order valence-corrected chi connectivity index (χ0v) is 9.34. The minimum atomic E-state index is 0.772. The van der Waals surface area contributed by atoms with Gasteiger partial charge in [0.25, 0.3) is 0 Å². The number of ether oxygens (including phenoxy) is 1. The fraction of sp³-hybridized carbons (Fsp3) is 0.333. The summed E-state index contributed by atoms with van der Waals surface area (Å²) in [5.74, 6) is 0.844. The fourth-order valence-electron chi connectivity index (χ4n) is 1.23. The highest BCUT2D eigenvalue weighted by Crippen LogP contribution is 2.17. The van der Waals surface area contributed by atoms with Gasteiger partial charge in [-0.15, -0.1) is 0 Å². The predicted molar refractivity (Wildman–Crippen MR) is 64.3 cm³/mol. The highest BCUT2D eigenvalue weighted by Gasteiger charge is 1.96. The molecule has 0 saturated heterocycles. The first-order valence-electron chi connectivity index (χ1n) is 5.06. The van der Waals surface area contributed by atoms with E-state index in [2.05, 4.69) is 24.1 Å². The van der Waals surface area contributed by atoms with Crippen LogP contribution in [0.5, 0.6) is 5.75 Å². The Hall–Kier alpha value is -1.48. The number of hydrogen-bond acceptors (Lipinski definition) is 3. The van der Waals surface area contributed by atoms with Crippen molar-refractivity contribution in [3.8, 4) is 5.75 Å². The Morgan fingerprint density at radius 3 is 2.93 bits per heavy atom. The lowest BCUT2D eigenvalue weighted by Gasteiger charge is -2.10. The van der Waals surface area contributed by atoms with Crippen LogP contribution < -0.4 is 15.4 Å². The van der Waals surface area contributed by atoms with Crippen molar-refractivity contribution in [2.24, 2.45) is 0 Å². The molecule has 0 fully saturated rings. The number of methoxy groups -OCH3 is 1. The quantitative estimate of drug-likeness (QED) is 0.749. The second-order valence-corrected chi connectivity index (χ2v) is 3.24. The molecule has 0 amide bonds. The van der Waals surface area contributed by atoms with Crippen molar-refractivity contribution in [2.75, 3.05) is 25.5 Å². The zero-order chi connectivity index (χ0) is 11.1. The van der Waals surface area contributed by atoms with Crippen molar-refractivity contribution in [3.05, 3.63) is 36.5 Å². The van der Waals surface area contributed by atoms with Gasteiger partial charge in [0.2, 0.25) is 0 Å². The second-order valence-electron chi connectivity index (χ2n) is 3.24. The van der Waals surface area contributed by atoms with E-state index in [-0.39, 0.29) is 0 Å². The van der Waals surface area contributed by atoms with Crippen LogP contribution in [-0.4, -0.2) is 20.2 Å². The first kappa shape index (κ1) is 11.6. The molecule has 0 heterocycles. The van der Waals surface area contributed by atoms with E-state index < -0.39 is 0 Å². The Kier molecular flexibility index (Phi) is 4.71. The lowest BCUT2D eigenvalue weighted by Crippen LogP contribution is -2.19. The van der Waals surface area contributed by atoms with E-state index in [0.717, 1.165) is 30.2 Å². The summed E-state index contributed by atoms with van der Waals surface area (Å²) in [5, 5.41) is 6.42. The molecule has 0 radical (unpaired) electrons. The minimum absolute atomic E-state index is 0.772. The van der Waals surface area contributed by atoms with Crippen LogP contribution in [0.2, 0.25) is 0 Å². The Labute approximate surface area is 91.1 Å². The van der Waals surface area contributed by atoms with Gasteiger partial charge in [-0.05, 0) is 18.7 Å². The van der Waals surface area contributed by atoms with E-state index in [9.17, 15) is 0 Å². The summed E-state index contributed by atoms with van der Waals surface area (Å²) in [7, 11) is 1.66. The van der Waals surface area contributed by atoms with Gasteiger partial charge in [0.15, 0.2) is 0 Å². The van der Waals surface area contributed by atoms with E-state index >= 15 is 0 Å². The maximum absolute atomic E-state index is 5.13. The number of nitrogens with one attached hydrogen (secondary N) is 2. The van der Waals surface area contributed by atoms with E-state index in [0.29, 0.717) is 0 Å². The third-order valence-electron chi connectivity index (χ3n) is 1.98. The van der Waals surface area contributed by atoms with Crippen molar-refractivity contribution in [1.29, 1.82) is 0 Å². The monoisotopic (exact) mass is 206 g/mol. The SMILES string of the molecule is C=C(CNCC)Nc1cccc(OC)c1. The number of benzene rings is 1. The summed E-state index contributed by atoms with van der Waals surface area (Å²) >= 11 is 0. The van der Waals surface area contributed by atoms with Crippen molar-refractivity contribution in [3.63, 3.8) is 0 Å². The van der Waals surface area contributed by atoms with Gasteiger partial charge < -0.3 is 15.4 Å². The lowest BCUT2D eigenvalue weighted by atomic mass is 10.3. The van der Waals surface area contributed by atoms with Gasteiger partial charge in [0, 0.05) is 24.0 Å². The number of rotatable bonds is 6. The molecule has 0 atom stereocenters. The maximum atomic E-state index is 5.13. The predicted octanol–water partition coefficient (Wildman–Crippen LogP) is 2.23. The van der Waals surface area contributed by atoms with Crippen molar-refractivity contribution in [2.45, 2.75) is 6.92 Å². The Balaban J connectivity index is 2.52. The number of hydrogen-bond donors (Lipinski definition) is 2. The lowest BCUT2D eigenvalue weighted by molar-refractivity contribution is 0.415. The molecule has 0 aromatic heterocycles. The molecule has 0 aliphatic heterocycles. The molecule has 0 unspecified atom stereocenters. The van der Waals surface area contributed by atoms with E-state index in [4.69, 9.17) is 4.74 Å². The Morgan fingerprint density at radius 1 is 1.47 bits per heavy atom. The summed E-state index contributed by atoms with van der Waals surface area (Å²) in [5.41, 5.74) is 1.95. The molecule has 0 aliphatic carbocycles. The molecule has 0 spiro atoms. The summed E-state index contributed by atoms with van der Waals surface area (Å²) in [6.45, 7) is 7.71. The molecule has 1 aromatic rings. The largest absolute Gasteiger partial charge is 0.497 e. The Bertz CT molecular complexity index is 323. The van der Waals surface area contributed by atoms with Crippen LogP contribution in [0, 0.1) is 0 Å². The third-order valence-corrected chi connectivity index (χ3v) is 1.98. The summed E-state index contributed by atoms with van der Waals surface area (Å²) in [6, 6.07) is 7.79. The summed E-state index contributed by atoms with van der Waals surface area (Å²) in [6.07, 6.45) is 0. The van der Waals surface area contributed by atoms with Crippen LogP contribution >= 0.6 is 0 Å². The molecule has 1 aromatic carbocycles. The molecule has 15 heavy (non-hydrogen) atoms. The molecule has 1 rings (SSSR count). The molecule has 82 valence electrons. The molecule has 0 bridgehead atoms. The van der Waals surface area contributed by atoms with Gasteiger partial charge in [0.05, 0.1) is 7.11 Å². The second kappa shape index (κ2) is 6.09. The molecular formula is C12H18N2O. The Morgan fingerprint density at radius 2 is 2.27 bits per heavy atom. The molecule has 3 heteroatoms. The average Bonchev–Trinajstić information content (AvgIpc) is 2.26. The standard InChI is InChI=1S/C12H18N2O/c1-4-13-9-10(2)14-11-6-5-7-12(8-11)15-3/h5-8,13-14H,2,4,9H2,1,3H3. The third kappa shape index (κ3) is 4.04. The van der Waals surface area contributed by atoms with Gasteiger partial charge in [-0.3, -0.25) is 0 Å². The molecule has 2 N–H and O–H groups in total. The van der Waals surface area contributed by atoms with E-state index in [1.165, 1.54) is 0 Å².